The molecule has 212 valence electrons. The highest BCUT2D eigenvalue weighted by atomic mass is 127. The zero-order valence-corrected chi connectivity index (χ0v) is 25.1. The average Bonchev–Trinajstić information content (AvgIpc) is 3.71. The maximum Gasteiger partial charge on any atom is 0.263 e. The van der Waals surface area contributed by atoms with E-state index in [0.29, 0.717) is 28.5 Å². The van der Waals surface area contributed by atoms with Gasteiger partial charge in [-0.15, -0.1) is 0 Å². The molecule has 3 N–H and O–H groups in total. The monoisotopic (exact) mass is 681 g/mol. The molecular formula is C27H29FIN5O5S. The highest BCUT2D eigenvalue weighted by molar-refractivity contribution is 14.1. The Morgan fingerprint density at radius 2 is 1.88 bits per heavy atom. The minimum atomic E-state index is -3.59. The van der Waals surface area contributed by atoms with E-state index < -0.39 is 33.7 Å². The molecule has 0 spiro atoms. The Morgan fingerprint density at radius 1 is 1.15 bits per heavy atom. The van der Waals surface area contributed by atoms with Crippen molar-refractivity contribution in [2.24, 2.45) is 7.05 Å². The molecule has 2 heterocycles. The molecule has 2 aliphatic rings. The fourth-order valence-corrected chi connectivity index (χ4v) is 6.53. The van der Waals surface area contributed by atoms with Gasteiger partial charge >= 0.3 is 0 Å². The van der Waals surface area contributed by atoms with Crippen molar-refractivity contribution < 1.29 is 22.7 Å². The first-order chi connectivity index (χ1) is 18.9. The summed E-state index contributed by atoms with van der Waals surface area (Å²) in [4.78, 5) is 30.2. The van der Waals surface area contributed by atoms with Crippen molar-refractivity contribution in [1.82, 2.24) is 9.47 Å². The van der Waals surface area contributed by atoms with E-state index >= 15 is 0 Å². The third-order valence-electron chi connectivity index (χ3n) is 6.95. The van der Waals surface area contributed by atoms with E-state index in [1.54, 1.807) is 44.2 Å². The summed E-state index contributed by atoms with van der Waals surface area (Å²) in [7, 11) is -2.10. The number of aromatic nitrogens is 1. The van der Waals surface area contributed by atoms with Gasteiger partial charge in [0.2, 0.25) is 16.4 Å². The van der Waals surface area contributed by atoms with E-state index in [1.807, 2.05) is 22.6 Å². The number of hydrogen-bond acceptors (Lipinski definition) is 7. The molecule has 1 aliphatic heterocycles. The molecule has 1 aliphatic carbocycles. The van der Waals surface area contributed by atoms with E-state index in [1.165, 1.54) is 33.5 Å². The largest absolute Gasteiger partial charge is 0.356 e. The number of sulfonamides is 1. The molecule has 1 saturated carbocycles. The number of carbonyl (C=O) groups excluding carboxylic acids is 1. The summed E-state index contributed by atoms with van der Waals surface area (Å²) in [6, 6.07) is 10.8. The number of benzene rings is 2. The SMILES string of the molecule is CCCS(=O)(=O)Nc1cccc(N2c3c(c(Nc4ccc(I)cc4F)n(C)c(=O)c3C)C(=O)N(C3CC3)C2O)c1. The predicted molar refractivity (Wildman–Crippen MR) is 160 cm³/mol. The predicted octanol–water partition coefficient (Wildman–Crippen LogP) is 4.36. The lowest BCUT2D eigenvalue weighted by Crippen LogP contribution is -2.55. The van der Waals surface area contributed by atoms with E-state index in [2.05, 4.69) is 10.0 Å². The van der Waals surface area contributed by atoms with Gasteiger partial charge in [0, 0.05) is 27.9 Å². The van der Waals surface area contributed by atoms with Crippen molar-refractivity contribution in [2.45, 2.75) is 45.5 Å². The van der Waals surface area contributed by atoms with Crippen LogP contribution in [0, 0.1) is 16.3 Å². The third-order valence-corrected chi connectivity index (χ3v) is 9.12. The molecule has 2 aromatic carbocycles. The number of nitrogens with zero attached hydrogens (tertiary/aromatic N) is 3. The number of aliphatic hydroxyl groups excluding tert-OH is 1. The molecule has 1 aromatic heterocycles. The highest BCUT2D eigenvalue weighted by Crippen LogP contribution is 2.45. The normalized spacial score (nSPS) is 17.1. The third kappa shape index (κ3) is 5.17. The zero-order chi connectivity index (χ0) is 28.9. The first-order valence-electron chi connectivity index (χ1n) is 12.8. The second kappa shape index (κ2) is 10.7. The minimum Gasteiger partial charge on any atom is -0.356 e. The summed E-state index contributed by atoms with van der Waals surface area (Å²) in [5.41, 5.74) is 0.743. The molecule has 1 amide bonds. The van der Waals surface area contributed by atoms with Crippen LogP contribution in [0.25, 0.3) is 0 Å². The molecule has 1 unspecified atom stereocenters. The van der Waals surface area contributed by atoms with Gasteiger partial charge < -0.3 is 10.4 Å². The zero-order valence-electron chi connectivity index (χ0n) is 22.1. The van der Waals surface area contributed by atoms with Crippen molar-refractivity contribution in [1.29, 1.82) is 0 Å². The van der Waals surface area contributed by atoms with Crippen molar-refractivity contribution >= 4 is 67.1 Å². The number of anilines is 5. The molecule has 0 bridgehead atoms. The molecule has 0 saturated heterocycles. The van der Waals surface area contributed by atoms with Crippen LogP contribution in [0.5, 0.6) is 0 Å². The van der Waals surface area contributed by atoms with Crippen molar-refractivity contribution in [3.8, 4) is 0 Å². The van der Waals surface area contributed by atoms with Crippen LogP contribution >= 0.6 is 22.6 Å². The number of nitrogens with one attached hydrogen (secondary N) is 2. The Balaban J connectivity index is 1.71. The maximum atomic E-state index is 14.9. The lowest BCUT2D eigenvalue weighted by atomic mass is 10.0. The Kier molecular flexibility index (Phi) is 7.56. The number of carbonyl (C=O) groups is 1. The summed E-state index contributed by atoms with van der Waals surface area (Å²) in [6.45, 7) is 3.32. The van der Waals surface area contributed by atoms with Gasteiger partial charge in [0.05, 0.1) is 22.8 Å². The van der Waals surface area contributed by atoms with Gasteiger partial charge in [0.1, 0.15) is 17.2 Å². The molecule has 40 heavy (non-hydrogen) atoms. The number of amides is 1. The van der Waals surface area contributed by atoms with Crippen LogP contribution in [0.3, 0.4) is 0 Å². The summed E-state index contributed by atoms with van der Waals surface area (Å²) in [5.74, 6) is -1.03. The molecular weight excluding hydrogens is 652 g/mol. The smallest absolute Gasteiger partial charge is 0.263 e. The number of pyridine rings is 1. The summed E-state index contributed by atoms with van der Waals surface area (Å²) in [6.07, 6.45) is 0.374. The number of hydrogen-bond donors (Lipinski definition) is 3. The molecule has 1 atom stereocenters. The Bertz CT molecular complexity index is 1670. The molecule has 3 aromatic rings. The second-order valence-corrected chi connectivity index (χ2v) is 13.0. The van der Waals surface area contributed by atoms with Crippen LogP contribution in [0.4, 0.5) is 33.0 Å². The highest BCUT2D eigenvalue weighted by Gasteiger charge is 2.47. The van der Waals surface area contributed by atoms with E-state index in [9.17, 15) is 27.5 Å². The van der Waals surface area contributed by atoms with Crippen molar-refractivity contribution in [3.63, 3.8) is 0 Å². The Morgan fingerprint density at radius 3 is 2.52 bits per heavy atom. The Hall–Kier alpha value is -3.17. The maximum absolute atomic E-state index is 14.9. The molecule has 0 radical (unpaired) electrons. The first-order valence-corrected chi connectivity index (χ1v) is 15.5. The van der Waals surface area contributed by atoms with Crippen LogP contribution in [0.1, 0.15) is 42.1 Å². The van der Waals surface area contributed by atoms with Crippen LogP contribution in [-0.4, -0.2) is 47.0 Å². The van der Waals surface area contributed by atoms with Gasteiger partial charge in [-0.25, -0.2) is 12.8 Å². The lowest BCUT2D eigenvalue weighted by molar-refractivity contribution is 0.00338. The molecule has 10 nitrogen and oxygen atoms in total. The number of fused-ring (bicyclic) bond motifs is 1. The summed E-state index contributed by atoms with van der Waals surface area (Å²) >= 11 is 1.99. The quantitative estimate of drug-likeness (QED) is 0.302. The van der Waals surface area contributed by atoms with Gasteiger partial charge in [0.25, 0.3) is 11.5 Å². The first kappa shape index (κ1) is 28.4. The number of halogens is 2. The van der Waals surface area contributed by atoms with Gasteiger partial charge in [0.15, 0.2) is 0 Å². The van der Waals surface area contributed by atoms with Crippen LogP contribution in [0.2, 0.25) is 0 Å². The number of rotatable bonds is 8. The van der Waals surface area contributed by atoms with Gasteiger partial charge in [-0.05, 0) is 85.2 Å². The molecule has 5 rings (SSSR count). The number of aliphatic hydroxyl groups is 1. The molecule has 13 heteroatoms. The van der Waals surface area contributed by atoms with Gasteiger partial charge in [-0.1, -0.05) is 13.0 Å². The van der Waals surface area contributed by atoms with Crippen molar-refractivity contribution in [3.05, 3.63) is 73.3 Å². The minimum absolute atomic E-state index is 0.0599. The second-order valence-electron chi connectivity index (χ2n) is 9.94. The fraction of sp³-hybridized carbons (Fsp3) is 0.333. The fourth-order valence-electron chi connectivity index (χ4n) is 4.95. The summed E-state index contributed by atoms with van der Waals surface area (Å²) in [5, 5.41) is 14.5. The standard InChI is InChI=1S/C27H29FIN5O5S/c1-4-12-40(38,39)31-17-6-5-7-19(14-17)33-23-15(2)25(35)32(3)24(30-21-11-8-16(29)13-20(21)28)22(23)26(36)34(27(33)37)18-9-10-18/h5-8,11,13-14,18,27,30-31,37H,4,9-10,12H2,1-3H3. The van der Waals surface area contributed by atoms with Crippen LogP contribution in [-0.2, 0) is 17.1 Å². The lowest BCUT2D eigenvalue weighted by Gasteiger charge is -2.44. The Labute approximate surface area is 245 Å². The van der Waals surface area contributed by atoms with Crippen LogP contribution in [0.15, 0.2) is 47.3 Å². The van der Waals surface area contributed by atoms with Gasteiger partial charge in [-0.3, -0.25) is 28.7 Å². The van der Waals surface area contributed by atoms with Gasteiger partial charge in [-0.2, -0.15) is 0 Å². The van der Waals surface area contributed by atoms with Crippen LogP contribution < -0.4 is 20.5 Å². The topological polar surface area (TPSA) is 124 Å². The van der Waals surface area contributed by atoms with E-state index in [0.717, 1.165) is 0 Å². The molecule has 1 fully saturated rings. The average molecular weight is 682 g/mol. The summed E-state index contributed by atoms with van der Waals surface area (Å²) < 4.78 is 44.2. The van der Waals surface area contributed by atoms with E-state index in [-0.39, 0.29) is 45.8 Å². The van der Waals surface area contributed by atoms with E-state index in [4.69, 9.17) is 0 Å². The van der Waals surface area contributed by atoms with Crippen molar-refractivity contribution in [2.75, 3.05) is 20.7 Å².